The molecule has 2 aliphatic heterocycles. The molecule has 2 aromatic carbocycles. The number of benzene rings is 2. The number of morpholine rings is 1. The highest BCUT2D eigenvalue weighted by Crippen LogP contribution is 2.30. The van der Waals surface area contributed by atoms with Gasteiger partial charge in [-0.15, -0.1) is 0 Å². The summed E-state index contributed by atoms with van der Waals surface area (Å²) in [6, 6.07) is 20.4. The molecule has 1 saturated heterocycles. The van der Waals surface area contributed by atoms with E-state index in [1.807, 2.05) is 41.3 Å². The largest absolute Gasteiger partial charge is 0.491 e. The molecule has 7 heteroatoms. The molecule has 1 unspecified atom stereocenters. The molecule has 1 spiro atoms. The number of carbonyl (C=O) groups excluding carboxylic acids is 1. The topological polar surface area (TPSA) is 70.7 Å². The van der Waals surface area contributed by atoms with Crippen molar-refractivity contribution < 1.29 is 14.3 Å². The zero-order valence-corrected chi connectivity index (χ0v) is 20.2. The van der Waals surface area contributed by atoms with Crippen molar-refractivity contribution in [3.8, 4) is 5.75 Å². The number of aryl methyl sites for hydroxylation is 1. The van der Waals surface area contributed by atoms with Gasteiger partial charge in [-0.05, 0) is 48.9 Å². The normalized spacial score (nSPS) is 22.2. The number of hydrogen-bond donors (Lipinski definition) is 1. The van der Waals surface area contributed by atoms with Crippen molar-refractivity contribution in [3.05, 3.63) is 83.7 Å². The van der Waals surface area contributed by atoms with Crippen molar-refractivity contribution in [2.24, 2.45) is 0 Å². The lowest BCUT2D eigenvalue weighted by Gasteiger charge is -2.44. The van der Waals surface area contributed by atoms with E-state index in [2.05, 4.69) is 39.4 Å². The molecular weight excluding hydrogens is 440 g/mol. The van der Waals surface area contributed by atoms with E-state index >= 15 is 0 Å². The number of amides is 1. The van der Waals surface area contributed by atoms with E-state index in [4.69, 9.17) is 9.47 Å². The summed E-state index contributed by atoms with van der Waals surface area (Å²) in [5.74, 6) is 0.989. The smallest absolute Gasteiger partial charge is 0.256 e. The van der Waals surface area contributed by atoms with Gasteiger partial charge in [-0.2, -0.15) is 5.10 Å². The van der Waals surface area contributed by atoms with E-state index in [0.717, 1.165) is 49.4 Å². The molecule has 2 aliphatic rings. The molecule has 35 heavy (non-hydrogen) atoms. The molecular formula is C28H34N4O3. The minimum atomic E-state index is -0.855. The Morgan fingerprint density at radius 1 is 0.943 bits per heavy atom. The van der Waals surface area contributed by atoms with Crippen LogP contribution in [0.1, 0.15) is 36.1 Å². The fourth-order valence-electron chi connectivity index (χ4n) is 5.18. The van der Waals surface area contributed by atoms with Gasteiger partial charge < -0.3 is 14.4 Å². The molecule has 7 nitrogen and oxygen atoms in total. The Bertz CT molecular complexity index is 1090. The number of rotatable bonds is 4. The Kier molecular flexibility index (Phi) is 7.45. The van der Waals surface area contributed by atoms with Crippen LogP contribution >= 0.6 is 0 Å². The number of H-pyrrole nitrogens is 1. The molecule has 0 radical (unpaired) electrons. The zero-order chi connectivity index (χ0) is 23.9. The summed E-state index contributed by atoms with van der Waals surface area (Å²) in [5.41, 5.74) is 2.53. The first kappa shape index (κ1) is 23.6. The third kappa shape index (κ3) is 5.74. The molecule has 0 saturated carbocycles. The fraction of sp³-hybridized carbons (Fsp3) is 0.429. The number of para-hydroxylation sites is 1. The van der Waals surface area contributed by atoms with Gasteiger partial charge in [-0.1, -0.05) is 48.5 Å². The zero-order valence-electron chi connectivity index (χ0n) is 20.2. The molecule has 1 aromatic heterocycles. The summed E-state index contributed by atoms with van der Waals surface area (Å²) in [6.07, 6.45) is 5.31. The summed E-state index contributed by atoms with van der Waals surface area (Å²) in [6.45, 7) is 4.14. The molecule has 3 aromatic rings. The van der Waals surface area contributed by atoms with E-state index in [9.17, 15) is 4.79 Å². The number of aromatic amines is 1. The summed E-state index contributed by atoms with van der Waals surface area (Å²) in [4.78, 5) is 18.5. The summed E-state index contributed by atoms with van der Waals surface area (Å²) >= 11 is 0. The third-order valence-corrected chi connectivity index (χ3v) is 6.98. The average Bonchev–Trinajstić information content (AvgIpc) is 3.40. The second kappa shape index (κ2) is 11.1. The van der Waals surface area contributed by atoms with Crippen molar-refractivity contribution in [1.82, 2.24) is 20.0 Å². The van der Waals surface area contributed by atoms with E-state index in [-0.39, 0.29) is 5.91 Å². The van der Waals surface area contributed by atoms with E-state index in [1.165, 1.54) is 5.56 Å². The molecule has 5 rings (SSSR count). The van der Waals surface area contributed by atoms with Crippen LogP contribution in [0.5, 0.6) is 5.75 Å². The van der Waals surface area contributed by atoms with E-state index in [0.29, 0.717) is 39.3 Å². The maximum Gasteiger partial charge on any atom is 0.256 e. The second-order valence-corrected chi connectivity index (χ2v) is 9.51. The van der Waals surface area contributed by atoms with Crippen LogP contribution in [-0.4, -0.2) is 64.4 Å². The van der Waals surface area contributed by atoms with Crippen LogP contribution in [0, 0.1) is 0 Å². The van der Waals surface area contributed by atoms with Crippen molar-refractivity contribution in [2.45, 2.75) is 44.4 Å². The molecule has 0 bridgehead atoms. The van der Waals surface area contributed by atoms with Gasteiger partial charge in [0, 0.05) is 38.1 Å². The fourth-order valence-corrected chi connectivity index (χ4v) is 5.18. The van der Waals surface area contributed by atoms with Crippen LogP contribution in [0.15, 0.2) is 66.9 Å². The van der Waals surface area contributed by atoms with Gasteiger partial charge in [-0.3, -0.25) is 14.8 Å². The second-order valence-electron chi connectivity index (χ2n) is 9.51. The molecule has 3 heterocycles. The number of fused-ring (bicyclic) bond motifs is 1. The van der Waals surface area contributed by atoms with Gasteiger partial charge in [0.1, 0.15) is 12.4 Å². The van der Waals surface area contributed by atoms with Crippen LogP contribution < -0.4 is 4.74 Å². The summed E-state index contributed by atoms with van der Waals surface area (Å²) in [5, 5.41) is 7.13. The standard InChI is InChI=1S/C28H34N4O3/c33-27-28(22-31(16-19-35-28)21-25-13-15-29-30-25)14-7-6-11-24-10-4-5-12-26(24)34-18-17-32(27)20-23-8-2-1-3-9-23/h1-5,8-10,12-13,15H,6-7,11,14,16-22H2,(H,29,30). The van der Waals surface area contributed by atoms with Crippen molar-refractivity contribution in [2.75, 3.05) is 32.8 Å². The van der Waals surface area contributed by atoms with Gasteiger partial charge in [-0.25, -0.2) is 0 Å². The Morgan fingerprint density at radius 2 is 1.80 bits per heavy atom. The quantitative estimate of drug-likeness (QED) is 0.623. The van der Waals surface area contributed by atoms with Crippen molar-refractivity contribution >= 4 is 5.91 Å². The highest BCUT2D eigenvalue weighted by Gasteiger charge is 2.45. The Hall–Kier alpha value is -3.16. The Balaban J connectivity index is 1.41. The molecule has 0 aliphatic carbocycles. The maximum atomic E-state index is 14.2. The first-order valence-electron chi connectivity index (χ1n) is 12.6. The highest BCUT2D eigenvalue weighted by atomic mass is 16.5. The molecule has 184 valence electrons. The number of carbonyl (C=O) groups is 1. The highest BCUT2D eigenvalue weighted by molar-refractivity contribution is 5.86. The van der Waals surface area contributed by atoms with Crippen LogP contribution in [0.25, 0.3) is 0 Å². The van der Waals surface area contributed by atoms with Crippen molar-refractivity contribution in [3.63, 3.8) is 0 Å². The van der Waals surface area contributed by atoms with Gasteiger partial charge in [0.15, 0.2) is 5.60 Å². The van der Waals surface area contributed by atoms with E-state index < -0.39 is 5.60 Å². The van der Waals surface area contributed by atoms with Gasteiger partial charge >= 0.3 is 0 Å². The summed E-state index contributed by atoms with van der Waals surface area (Å²) < 4.78 is 12.6. The SMILES string of the molecule is O=C1N(Cc2ccccc2)CCOc2ccccc2CCCCC12CN(Cc1ccn[nH]1)CCO2. The predicted octanol–water partition coefficient (Wildman–Crippen LogP) is 3.81. The molecule has 1 fully saturated rings. The maximum absolute atomic E-state index is 14.2. The molecule has 1 atom stereocenters. The number of nitrogens with one attached hydrogen (secondary N) is 1. The number of ether oxygens (including phenoxy) is 2. The molecule has 1 N–H and O–H groups in total. The lowest BCUT2D eigenvalue weighted by atomic mass is 9.90. The van der Waals surface area contributed by atoms with Gasteiger partial charge in [0.25, 0.3) is 5.91 Å². The predicted molar refractivity (Wildman–Crippen MR) is 134 cm³/mol. The summed E-state index contributed by atoms with van der Waals surface area (Å²) in [7, 11) is 0. The minimum absolute atomic E-state index is 0.0631. The first-order valence-corrected chi connectivity index (χ1v) is 12.6. The van der Waals surface area contributed by atoms with Gasteiger partial charge in [0.05, 0.1) is 13.2 Å². The van der Waals surface area contributed by atoms with Crippen LogP contribution in [0.3, 0.4) is 0 Å². The van der Waals surface area contributed by atoms with Crippen LogP contribution in [-0.2, 0) is 29.0 Å². The van der Waals surface area contributed by atoms with Gasteiger partial charge in [0.2, 0.25) is 0 Å². The lowest BCUT2D eigenvalue weighted by Crippen LogP contribution is -2.60. The number of hydrogen-bond acceptors (Lipinski definition) is 5. The molecule has 1 amide bonds. The Morgan fingerprint density at radius 3 is 2.66 bits per heavy atom. The lowest BCUT2D eigenvalue weighted by molar-refractivity contribution is -0.174. The van der Waals surface area contributed by atoms with Crippen LogP contribution in [0.4, 0.5) is 0 Å². The van der Waals surface area contributed by atoms with Crippen LogP contribution in [0.2, 0.25) is 0 Å². The number of aromatic nitrogens is 2. The number of nitrogens with zero attached hydrogens (tertiary/aromatic N) is 3. The van der Waals surface area contributed by atoms with E-state index in [1.54, 1.807) is 6.20 Å². The third-order valence-electron chi connectivity index (χ3n) is 6.98. The first-order chi connectivity index (χ1) is 17.2. The average molecular weight is 475 g/mol. The van der Waals surface area contributed by atoms with Crippen molar-refractivity contribution in [1.29, 1.82) is 0 Å². The Labute approximate surface area is 207 Å². The monoisotopic (exact) mass is 474 g/mol. The minimum Gasteiger partial charge on any atom is -0.491 e.